The second kappa shape index (κ2) is 10.7. The minimum absolute atomic E-state index is 0.124. The number of para-hydroxylation sites is 1. The van der Waals surface area contributed by atoms with Gasteiger partial charge < -0.3 is 18.6 Å². The number of benzene rings is 3. The lowest BCUT2D eigenvalue weighted by Gasteiger charge is -2.12. The fraction of sp³-hybridized carbons (Fsp3) is 0.143. The third-order valence-corrected chi connectivity index (χ3v) is 6.05. The Morgan fingerprint density at radius 2 is 1.88 bits per heavy atom. The van der Waals surface area contributed by atoms with Crippen LogP contribution in [0.25, 0.3) is 33.5 Å². The second-order valence-corrected chi connectivity index (χ2v) is 8.56. The van der Waals surface area contributed by atoms with E-state index in [-0.39, 0.29) is 17.3 Å². The summed E-state index contributed by atoms with van der Waals surface area (Å²) < 4.78 is 22.5. The van der Waals surface area contributed by atoms with Crippen LogP contribution in [0.2, 0.25) is 0 Å². The highest BCUT2D eigenvalue weighted by molar-refractivity contribution is 5.89. The van der Waals surface area contributed by atoms with E-state index in [1.807, 2.05) is 0 Å². The van der Waals surface area contributed by atoms with E-state index in [9.17, 15) is 19.7 Å². The molecule has 0 saturated carbocycles. The quantitative estimate of drug-likeness (QED) is 0.119. The van der Waals surface area contributed by atoms with Gasteiger partial charge in [-0.3, -0.25) is 14.9 Å². The van der Waals surface area contributed by atoms with E-state index in [0.717, 1.165) is 4.68 Å². The average Bonchev–Trinajstić information content (AvgIpc) is 3.41. The first-order valence-electron chi connectivity index (χ1n) is 12.0. The fourth-order valence-corrected chi connectivity index (χ4v) is 4.10. The van der Waals surface area contributed by atoms with Gasteiger partial charge in [0.25, 0.3) is 5.56 Å². The zero-order valence-electron chi connectivity index (χ0n) is 21.6. The van der Waals surface area contributed by atoms with Gasteiger partial charge in [0.2, 0.25) is 5.82 Å². The number of esters is 1. The normalized spacial score (nSPS) is 12.1. The molecule has 0 radical (unpaired) electrons. The lowest BCUT2D eigenvalue weighted by molar-refractivity contribution is -0.386. The van der Waals surface area contributed by atoms with Crippen molar-refractivity contribution in [3.05, 3.63) is 92.8 Å². The number of hydrogen-bond donors (Lipinski definition) is 0. The predicted octanol–water partition coefficient (Wildman–Crippen LogP) is 4.55. The van der Waals surface area contributed by atoms with E-state index in [1.54, 1.807) is 55.6 Å². The molecule has 0 aliphatic carbocycles. The van der Waals surface area contributed by atoms with Gasteiger partial charge in [-0.1, -0.05) is 18.2 Å². The summed E-state index contributed by atoms with van der Waals surface area (Å²) in [6, 6.07) is 17.9. The van der Waals surface area contributed by atoms with Gasteiger partial charge in [-0.05, 0) is 49.4 Å². The topological polar surface area (TPSA) is 148 Å². The zero-order chi connectivity index (χ0) is 28.4. The molecule has 12 nitrogen and oxygen atoms in total. The molecule has 0 unspecified atom stereocenters. The van der Waals surface area contributed by atoms with Crippen LogP contribution in [0.15, 0.2) is 81.0 Å². The van der Waals surface area contributed by atoms with E-state index in [2.05, 4.69) is 14.8 Å². The highest BCUT2D eigenvalue weighted by Gasteiger charge is 2.22. The monoisotopic (exact) mass is 542 g/mol. The van der Waals surface area contributed by atoms with Crippen LogP contribution < -0.4 is 15.0 Å². The number of carbonyl (C=O) groups excluding carboxylic acids is 1. The molecular formula is C28H22N4O8. The van der Waals surface area contributed by atoms with E-state index in [1.165, 1.54) is 38.4 Å². The maximum Gasteiger partial charge on any atom is 0.346 e. The zero-order valence-corrected chi connectivity index (χ0v) is 21.6. The number of hydrogen-bond acceptors (Lipinski definition) is 10. The van der Waals surface area contributed by atoms with Crippen LogP contribution in [0.1, 0.15) is 12.5 Å². The molecule has 0 aliphatic heterocycles. The molecule has 3 aromatic carbocycles. The Kier molecular flexibility index (Phi) is 6.98. The second-order valence-electron chi connectivity index (χ2n) is 8.56. The van der Waals surface area contributed by atoms with Crippen molar-refractivity contribution < 1.29 is 28.3 Å². The van der Waals surface area contributed by atoms with Crippen LogP contribution in [-0.2, 0) is 9.53 Å². The van der Waals surface area contributed by atoms with Gasteiger partial charge in [0, 0.05) is 11.6 Å². The van der Waals surface area contributed by atoms with Gasteiger partial charge in [0.15, 0.2) is 17.6 Å². The molecular weight excluding hydrogens is 520 g/mol. The van der Waals surface area contributed by atoms with Gasteiger partial charge >= 0.3 is 11.7 Å². The maximum absolute atomic E-state index is 13.5. The summed E-state index contributed by atoms with van der Waals surface area (Å²) in [5, 5.41) is 17.1. The molecule has 0 bridgehead atoms. The molecule has 2 aromatic heterocycles. The SMILES string of the molecule is COC(=O)[C@@H](C)Oc1ccc(C=Nn2c(-c3cc4c(OC)cccc4o3)nc3ccccc3c2=O)cc1[N+](=O)[O-]. The first-order chi connectivity index (χ1) is 19.3. The van der Waals surface area contributed by atoms with Crippen LogP contribution in [0.4, 0.5) is 5.69 Å². The molecule has 0 spiro atoms. The molecule has 5 aromatic rings. The van der Waals surface area contributed by atoms with E-state index < -0.39 is 28.2 Å². The summed E-state index contributed by atoms with van der Waals surface area (Å²) in [5.41, 5.74) is 0.402. The Balaban J connectivity index is 1.61. The van der Waals surface area contributed by atoms with Crippen LogP contribution in [0.3, 0.4) is 0 Å². The Morgan fingerprint density at radius 3 is 2.62 bits per heavy atom. The number of aromatic nitrogens is 2. The summed E-state index contributed by atoms with van der Waals surface area (Å²) in [6.07, 6.45) is 0.223. The summed E-state index contributed by atoms with van der Waals surface area (Å²) in [7, 11) is 2.73. The molecule has 2 heterocycles. The van der Waals surface area contributed by atoms with E-state index in [0.29, 0.717) is 33.2 Å². The van der Waals surface area contributed by atoms with Crippen molar-refractivity contribution in [1.29, 1.82) is 0 Å². The lowest BCUT2D eigenvalue weighted by atomic mass is 10.2. The van der Waals surface area contributed by atoms with Gasteiger partial charge in [-0.25, -0.2) is 9.78 Å². The number of furan rings is 1. The molecule has 0 amide bonds. The van der Waals surface area contributed by atoms with Crippen molar-refractivity contribution in [3.8, 4) is 23.1 Å². The summed E-state index contributed by atoms with van der Waals surface area (Å²) in [6.45, 7) is 1.42. The van der Waals surface area contributed by atoms with Crippen LogP contribution in [0.5, 0.6) is 11.5 Å². The van der Waals surface area contributed by atoms with Crippen molar-refractivity contribution in [1.82, 2.24) is 9.66 Å². The van der Waals surface area contributed by atoms with Gasteiger partial charge in [0.05, 0.1) is 41.6 Å². The smallest absolute Gasteiger partial charge is 0.346 e. The van der Waals surface area contributed by atoms with Crippen LogP contribution >= 0.6 is 0 Å². The predicted molar refractivity (Wildman–Crippen MR) is 146 cm³/mol. The molecule has 0 fully saturated rings. The lowest BCUT2D eigenvalue weighted by Crippen LogP contribution is -2.25. The fourth-order valence-electron chi connectivity index (χ4n) is 4.10. The largest absolute Gasteiger partial charge is 0.496 e. The molecule has 0 N–H and O–H groups in total. The summed E-state index contributed by atoms with van der Waals surface area (Å²) in [4.78, 5) is 40.9. The third-order valence-electron chi connectivity index (χ3n) is 6.05. The van der Waals surface area contributed by atoms with E-state index >= 15 is 0 Å². The minimum atomic E-state index is -1.06. The van der Waals surface area contributed by atoms with Crippen LogP contribution in [0, 0.1) is 10.1 Å². The Labute approximate surface area is 226 Å². The number of methoxy groups -OCH3 is 2. The standard InChI is InChI=1S/C28H22N4O8/c1-16(28(34)38-3)39-24-12-11-17(13-21(24)32(35)36)15-29-31-26(30-20-8-5-4-7-18(20)27(31)33)25-14-19-22(37-2)9-6-10-23(19)40-25/h4-16H,1-3H3/t16-/m1/s1. The molecule has 5 rings (SSSR count). The number of carbonyl (C=O) groups is 1. The summed E-state index contributed by atoms with van der Waals surface area (Å²) >= 11 is 0. The number of fused-ring (bicyclic) bond motifs is 2. The molecule has 40 heavy (non-hydrogen) atoms. The van der Waals surface area contributed by atoms with E-state index in [4.69, 9.17) is 13.9 Å². The first-order valence-corrected chi connectivity index (χ1v) is 12.0. The maximum atomic E-state index is 13.5. The van der Waals surface area contributed by atoms with Crippen molar-refractivity contribution in [2.45, 2.75) is 13.0 Å². The Hall–Kier alpha value is -5.52. The third kappa shape index (κ3) is 4.85. The molecule has 202 valence electrons. The Morgan fingerprint density at radius 1 is 1.07 bits per heavy atom. The van der Waals surface area contributed by atoms with Crippen LogP contribution in [-0.4, -0.2) is 47.1 Å². The molecule has 0 saturated heterocycles. The average molecular weight is 543 g/mol. The van der Waals surface area contributed by atoms with Crippen molar-refractivity contribution in [3.63, 3.8) is 0 Å². The number of nitro benzene ring substituents is 1. The van der Waals surface area contributed by atoms with Crippen molar-refractivity contribution in [2.24, 2.45) is 5.10 Å². The number of ether oxygens (including phenoxy) is 3. The van der Waals surface area contributed by atoms with Crippen molar-refractivity contribution in [2.75, 3.05) is 14.2 Å². The number of nitro groups is 1. The molecule has 0 aliphatic rings. The number of nitrogens with zero attached hydrogens (tertiary/aromatic N) is 4. The Bertz CT molecular complexity index is 1860. The van der Waals surface area contributed by atoms with Gasteiger partial charge in [-0.2, -0.15) is 9.78 Å². The minimum Gasteiger partial charge on any atom is -0.496 e. The number of rotatable bonds is 8. The molecule has 1 atom stereocenters. The van der Waals surface area contributed by atoms with Gasteiger partial charge in [-0.15, -0.1) is 0 Å². The molecule has 12 heteroatoms. The highest BCUT2D eigenvalue weighted by atomic mass is 16.6. The summed E-state index contributed by atoms with van der Waals surface area (Å²) in [5.74, 6) is 0.174. The first kappa shape index (κ1) is 26.1. The van der Waals surface area contributed by atoms with Crippen molar-refractivity contribution >= 4 is 39.7 Å². The highest BCUT2D eigenvalue weighted by Crippen LogP contribution is 2.33. The van der Waals surface area contributed by atoms with Gasteiger partial charge in [0.1, 0.15) is 11.3 Å².